The molecule has 0 saturated heterocycles. The van der Waals surface area contributed by atoms with Crippen molar-refractivity contribution < 1.29 is 8.78 Å². The lowest BCUT2D eigenvalue weighted by molar-refractivity contribution is 0.0964. The Balaban J connectivity index is 2.11. The van der Waals surface area contributed by atoms with Crippen molar-refractivity contribution in [3.05, 3.63) is 34.6 Å². The molecule has 0 amide bonds. The molecule has 1 fully saturated rings. The molecule has 2 N–H and O–H groups in total. The summed E-state index contributed by atoms with van der Waals surface area (Å²) in [6.45, 7) is 0. The van der Waals surface area contributed by atoms with Gasteiger partial charge in [0.25, 0.3) is 0 Å². The molecule has 0 radical (unpaired) electrons. The van der Waals surface area contributed by atoms with E-state index in [1.807, 2.05) is 0 Å². The zero-order valence-corrected chi connectivity index (χ0v) is 10.3. The second kappa shape index (κ2) is 4.91. The summed E-state index contributed by atoms with van der Waals surface area (Å²) in [5.74, 6) is -0.493. The maximum absolute atomic E-state index is 14.5. The lowest BCUT2D eigenvalue weighted by Gasteiger charge is -2.33. The van der Waals surface area contributed by atoms with E-state index in [0.717, 1.165) is 12.8 Å². The molecular formula is C13H16ClF2N. The molecule has 2 rings (SSSR count). The second-order valence-electron chi connectivity index (χ2n) is 4.93. The van der Waals surface area contributed by atoms with Gasteiger partial charge in [0, 0.05) is 12.5 Å². The maximum atomic E-state index is 14.5. The number of halogens is 3. The van der Waals surface area contributed by atoms with Gasteiger partial charge in [-0.25, -0.2) is 8.78 Å². The van der Waals surface area contributed by atoms with E-state index in [2.05, 4.69) is 0 Å². The molecule has 1 saturated carbocycles. The minimum Gasteiger partial charge on any atom is -0.328 e. The van der Waals surface area contributed by atoms with E-state index in [9.17, 15) is 8.78 Å². The summed E-state index contributed by atoms with van der Waals surface area (Å²) in [5, 5.41) is 0.0713. The van der Waals surface area contributed by atoms with Crippen LogP contribution in [0.2, 0.25) is 5.02 Å². The van der Waals surface area contributed by atoms with Crippen molar-refractivity contribution in [2.45, 2.75) is 43.8 Å². The van der Waals surface area contributed by atoms with Crippen molar-refractivity contribution in [3.8, 4) is 0 Å². The highest BCUT2D eigenvalue weighted by Gasteiger charge is 2.35. The summed E-state index contributed by atoms with van der Waals surface area (Å²) >= 11 is 5.59. The first-order valence-electron chi connectivity index (χ1n) is 5.87. The van der Waals surface area contributed by atoms with Crippen molar-refractivity contribution in [3.63, 3.8) is 0 Å². The lowest BCUT2D eigenvalue weighted by Crippen LogP contribution is -2.39. The zero-order valence-electron chi connectivity index (χ0n) is 9.56. The van der Waals surface area contributed by atoms with Crippen LogP contribution in [0.15, 0.2) is 18.2 Å². The number of hydrogen-bond acceptors (Lipinski definition) is 1. The van der Waals surface area contributed by atoms with Gasteiger partial charge in [0.05, 0.1) is 5.02 Å². The fourth-order valence-electron chi connectivity index (χ4n) is 2.53. The molecule has 0 aliphatic heterocycles. The van der Waals surface area contributed by atoms with Gasteiger partial charge >= 0.3 is 0 Å². The van der Waals surface area contributed by atoms with Crippen molar-refractivity contribution in [2.24, 2.45) is 5.73 Å². The minimum atomic E-state index is -1.29. The SMILES string of the molecule is NC1CCCC(F)(Cc2ccc(Cl)c(F)c2)C1. The summed E-state index contributed by atoms with van der Waals surface area (Å²) in [6.07, 6.45) is 2.76. The number of benzene rings is 1. The molecule has 2 unspecified atom stereocenters. The van der Waals surface area contributed by atoms with Crippen molar-refractivity contribution in [1.82, 2.24) is 0 Å². The van der Waals surface area contributed by atoms with E-state index in [4.69, 9.17) is 17.3 Å². The molecule has 17 heavy (non-hydrogen) atoms. The summed E-state index contributed by atoms with van der Waals surface area (Å²) in [4.78, 5) is 0. The minimum absolute atomic E-state index is 0.0713. The van der Waals surface area contributed by atoms with Gasteiger partial charge in [0.15, 0.2) is 0 Å². The average Bonchev–Trinajstić information content (AvgIpc) is 2.22. The summed E-state index contributed by atoms with van der Waals surface area (Å²) < 4.78 is 27.8. The summed E-state index contributed by atoms with van der Waals surface area (Å²) in [7, 11) is 0. The van der Waals surface area contributed by atoms with Crippen LogP contribution in [0.1, 0.15) is 31.2 Å². The van der Waals surface area contributed by atoms with Gasteiger partial charge in [0.2, 0.25) is 0 Å². The Bertz CT molecular complexity index is 410. The van der Waals surface area contributed by atoms with E-state index in [-0.39, 0.29) is 17.5 Å². The molecule has 94 valence electrons. The Morgan fingerprint density at radius 2 is 2.24 bits per heavy atom. The fraction of sp³-hybridized carbons (Fsp3) is 0.538. The average molecular weight is 260 g/mol. The van der Waals surface area contributed by atoms with Gasteiger partial charge in [0.1, 0.15) is 11.5 Å². The number of hydrogen-bond donors (Lipinski definition) is 1. The van der Waals surface area contributed by atoms with Crippen LogP contribution in [0.3, 0.4) is 0 Å². The maximum Gasteiger partial charge on any atom is 0.142 e. The van der Waals surface area contributed by atoms with Crippen LogP contribution in [-0.2, 0) is 6.42 Å². The van der Waals surface area contributed by atoms with Crippen LogP contribution in [0.4, 0.5) is 8.78 Å². The molecular weight excluding hydrogens is 244 g/mol. The van der Waals surface area contributed by atoms with Gasteiger partial charge in [-0.15, -0.1) is 0 Å². The molecule has 1 aromatic carbocycles. The summed E-state index contributed by atoms with van der Waals surface area (Å²) in [5.41, 5.74) is 5.13. The largest absolute Gasteiger partial charge is 0.328 e. The highest BCUT2D eigenvalue weighted by atomic mass is 35.5. The molecule has 0 heterocycles. The Hall–Kier alpha value is -0.670. The highest BCUT2D eigenvalue weighted by molar-refractivity contribution is 6.30. The first kappa shape index (κ1) is 12.8. The predicted molar refractivity (Wildman–Crippen MR) is 65.4 cm³/mol. The quantitative estimate of drug-likeness (QED) is 0.862. The fourth-order valence-corrected chi connectivity index (χ4v) is 2.65. The smallest absolute Gasteiger partial charge is 0.142 e. The third-order valence-electron chi connectivity index (χ3n) is 3.33. The van der Waals surface area contributed by atoms with E-state index in [0.29, 0.717) is 18.4 Å². The van der Waals surface area contributed by atoms with Crippen molar-refractivity contribution >= 4 is 11.6 Å². The predicted octanol–water partition coefficient (Wildman–Crippen LogP) is 3.63. The standard InChI is InChI=1S/C13H16ClF2N/c14-11-4-3-9(6-12(11)15)7-13(16)5-1-2-10(17)8-13/h3-4,6,10H,1-2,5,7-8,17H2. The van der Waals surface area contributed by atoms with Gasteiger partial charge in [-0.05, 0) is 43.4 Å². The van der Waals surface area contributed by atoms with Crippen molar-refractivity contribution in [1.29, 1.82) is 0 Å². The second-order valence-corrected chi connectivity index (χ2v) is 5.34. The molecule has 1 aliphatic rings. The van der Waals surface area contributed by atoms with Crippen LogP contribution in [0, 0.1) is 5.82 Å². The number of alkyl halides is 1. The molecule has 0 aromatic heterocycles. The molecule has 0 spiro atoms. The topological polar surface area (TPSA) is 26.0 Å². The Morgan fingerprint density at radius 1 is 1.47 bits per heavy atom. The molecule has 2 atom stereocenters. The van der Waals surface area contributed by atoms with Crippen LogP contribution < -0.4 is 5.73 Å². The number of rotatable bonds is 2. The molecule has 0 bridgehead atoms. The van der Waals surface area contributed by atoms with E-state index >= 15 is 0 Å². The zero-order chi connectivity index (χ0) is 12.5. The van der Waals surface area contributed by atoms with Crippen LogP contribution in [-0.4, -0.2) is 11.7 Å². The first-order chi connectivity index (χ1) is 7.98. The van der Waals surface area contributed by atoms with Crippen LogP contribution in [0.5, 0.6) is 0 Å². The van der Waals surface area contributed by atoms with E-state index in [1.165, 1.54) is 12.1 Å². The third-order valence-corrected chi connectivity index (χ3v) is 3.64. The Morgan fingerprint density at radius 3 is 2.88 bits per heavy atom. The molecule has 1 aliphatic carbocycles. The first-order valence-corrected chi connectivity index (χ1v) is 6.25. The van der Waals surface area contributed by atoms with Gasteiger partial charge in [-0.3, -0.25) is 0 Å². The van der Waals surface area contributed by atoms with E-state index in [1.54, 1.807) is 6.07 Å². The lowest BCUT2D eigenvalue weighted by atomic mass is 9.80. The molecule has 1 nitrogen and oxygen atoms in total. The van der Waals surface area contributed by atoms with Gasteiger partial charge in [-0.1, -0.05) is 17.7 Å². The summed E-state index contributed by atoms with van der Waals surface area (Å²) in [6, 6.07) is 4.38. The van der Waals surface area contributed by atoms with Crippen LogP contribution in [0.25, 0.3) is 0 Å². The van der Waals surface area contributed by atoms with E-state index < -0.39 is 11.5 Å². The highest BCUT2D eigenvalue weighted by Crippen LogP contribution is 2.34. The normalized spacial score (nSPS) is 29.3. The number of nitrogens with two attached hydrogens (primary N) is 1. The van der Waals surface area contributed by atoms with Gasteiger partial charge in [-0.2, -0.15) is 0 Å². The molecule has 1 aromatic rings. The Labute approximate surface area is 105 Å². The Kier molecular flexibility index (Phi) is 3.69. The van der Waals surface area contributed by atoms with Crippen molar-refractivity contribution in [2.75, 3.05) is 0 Å². The monoisotopic (exact) mass is 259 g/mol. The van der Waals surface area contributed by atoms with Crippen LogP contribution >= 0.6 is 11.6 Å². The third kappa shape index (κ3) is 3.17. The van der Waals surface area contributed by atoms with Gasteiger partial charge < -0.3 is 5.73 Å². The molecule has 4 heteroatoms.